The highest BCUT2D eigenvalue weighted by Crippen LogP contribution is 2.47. The third kappa shape index (κ3) is 4.99. The lowest BCUT2D eigenvalue weighted by Crippen LogP contribution is -2.29. The summed E-state index contributed by atoms with van der Waals surface area (Å²) in [5.41, 5.74) is -0.738. The van der Waals surface area contributed by atoms with Crippen molar-refractivity contribution in [2.24, 2.45) is 0 Å². The van der Waals surface area contributed by atoms with Crippen LogP contribution in [0.15, 0.2) is 60.7 Å². The Morgan fingerprint density at radius 3 is 1.71 bits per heavy atom. The van der Waals surface area contributed by atoms with Gasteiger partial charge in [0.05, 0.1) is 6.10 Å². The maximum atomic E-state index is 10.6. The van der Waals surface area contributed by atoms with E-state index >= 15 is 0 Å². The lowest BCUT2D eigenvalue weighted by molar-refractivity contribution is -0.143. The molecule has 0 radical (unpaired) electrons. The Morgan fingerprint density at radius 2 is 1.42 bits per heavy atom. The first kappa shape index (κ1) is 17.8. The van der Waals surface area contributed by atoms with E-state index in [4.69, 9.17) is 20.1 Å². The fraction of sp³-hybridized carbons (Fsp3) is 0.316. The molecule has 4 rings (SSSR count). The maximum Gasteiger partial charge on any atom is 0.338 e. The molecule has 0 aromatic heterocycles. The number of fused-ring (bicyclic) bond motifs is 1. The summed E-state index contributed by atoms with van der Waals surface area (Å²) in [6, 6.07) is 17.4. The van der Waals surface area contributed by atoms with Crippen LogP contribution in [0.1, 0.15) is 25.7 Å². The van der Waals surface area contributed by atoms with Crippen LogP contribution in [-0.4, -0.2) is 33.0 Å². The third-order valence-corrected chi connectivity index (χ3v) is 3.95. The van der Waals surface area contributed by atoms with Crippen LogP contribution in [0.2, 0.25) is 0 Å². The number of ether oxygens (including phenoxy) is 1. The van der Waals surface area contributed by atoms with Gasteiger partial charge < -0.3 is 20.1 Å². The van der Waals surface area contributed by atoms with Gasteiger partial charge in [-0.25, -0.2) is 4.79 Å². The first-order chi connectivity index (χ1) is 11.5. The summed E-state index contributed by atoms with van der Waals surface area (Å²) in [5.74, 6) is -0.123. The Morgan fingerprint density at radius 1 is 0.917 bits per heavy atom. The number of hydrogen-bond acceptors (Lipinski definition) is 4. The Bertz CT molecular complexity index is 591. The number of carboxylic acids is 1. The molecule has 1 aliphatic carbocycles. The quantitative estimate of drug-likeness (QED) is 0.696. The summed E-state index contributed by atoms with van der Waals surface area (Å²) in [5, 5.41) is 26.0. The molecule has 128 valence electrons. The number of aliphatic carboxylic acids is 1. The summed E-state index contributed by atoms with van der Waals surface area (Å²) >= 11 is 0. The van der Waals surface area contributed by atoms with Gasteiger partial charge in [0.2, 0.25) is 0 Å². The van der Waals surface area contributed by atoms with Crippen molar-refractivity contribution in [3.05, 3.63) is 60.7 Å². The molecule has 1 heterocycles. The number of carboxylic acid groups (broad SMARTS) is 1. The van der Waals surface area contributed by atoms with E-state index in [1.165, 1.54) is 0 Å². The van der Waals surface area contributed by atoms with Crippen molar-refractivity contribution in [3.63, 3.8) is 0 Å². The molecule has 3 N–H and O–H groups in total. The number of hydrogen-bond donors (Lipinski definition) is 3. The minimum Gasteiger partial charge on any atom is -0.508 e. The number of epoxide rings is 1. The second-order valence-corrected chi connectivity index (χ2v) is 5.72. The van der Waals surface area contributed by atoms with Crippen molar-refractivity contribution in [1.82, 2.24) is 0 Å². The number of phenolic OH excluding ortho intramolecular Hbond substituents is 2. The number of carbonyl (C=O) groups is 1. The standard InChI is InChI=1S/C7H10O3.2C6H6O/c8-6(9)7-4-2-1-3-5(7)10-7;2*7-6-4-2-1-3-5-6/h5H,1-4H2,(H,8,9);2*1-5,7H. The van der Waals surface area contributed by atoms with Crippen molar-refractivity contribution in [2.45, 2.75) is 37.4 Å². The zero-order chi connectivity index (χ0) is 17.4. The van der Waals surface area contributed by atoms with E-state index in [9.17, 15) is 4.79 Å². The molecular formula is C19H22O5. The van der Waals surface area contributed by atoms with Crippen LogP contribution in [0.4, 0.5) is 0 Å². The van der Waals surface area contributed by atoms with E-state index in [1.54, 1.807) is 48.5 Å². The molecule has 0 amide bonds. The van der Waals surface area contributed by atoms with Crippen LogP contribution in [-0.2, 0) is 9.53 Å². The zero-order valence-corrected chi connectivity index (χ0v) is 13.3. The summed E-state index contributed by atoms with van der Waals surface area (Å²) in [6.45, 7) is 0. The molecule has 0 spiro atoms. The van der Waals surface area contributed by atoms with Gasteiger partial charge in [-0.05, 0) is 43.5 Å². The molecular weight excluding hydrogens is 308 g/mol. The minimum absolute atomic E-state index is 0.0405. The molecule has 1 saturated heterocycles. The van der Waals surface area contributed by atoms with E-state index in [1.807, 2.05) is 12.1 Å². The molecule has 2 aliphatic rings. The van der Waals surface area contributed by atoms with Crippen LogP contribution < -0.4 is 0 Å². The third-order valence-electron chi connectivity index (χ3n) is 3.95. The molecule has 5 nitrogen and oxygen atoms in total. The van der Waals surface area contributed by atoms with Gasteiger partial charge in [0, 0.05) is 0 Å². The monoisotopic (exact) mass is 330 g/mol. The number of aromatic hydroxyl groups is 2. The van der Waals surface area contributed by atoms with Crippen LogP contribution in [0, 0.1) is 0 Å². The van der Waals surface area contributed by atoms with E-state index in [0.717, 1.165) is 19.3 Å². The van der Waals surface area contributed by atoms with Gasteiger partial charge in [-0.1, -0.05) is 42.8 Å². The molecule has 2 aromatic carbocycles. The molecule has 1 aliphatic heterocycles. The van der Waals surface area contributed by atoms with Crippen molar-refractivity contribution in [1.29, 1.82) is 0 Å². The Hall–Kier alpha value is -2.53. The largest absolute Gasteiger partial charge is 0.508 e. The average molecular weight is 330 g/mol. The molecule has 2 fully saturated rings. The molecule has 0 bridgehead atoms. The van der Waals surface area contributed by atoms with Crippen LogP contribution in [0.25, 0.3) is 0 Å². The Kier molecular flexibility index (Phi) is 6.21. The zero-order valence-electron chi connectivity index (χ0n) is 13.3. The van der Waals surface area contributed by atoms with Crippen molar-refractivity contribution in [3.8, 4) is 11.5 Å². The highest BCUT2D eigenvalue weighted by atomic mass is 16.6. The van der Waals surface area contributed by atoms with Crippen LogP contribution in [0.5, 0.6) is 11.5 Å². The smallest absolute Gasteiger partial charge is 0.338 e. The lowest BCUT2D eigenvalue weighted by Gasteiger charge is -2.11. The lowest BCUT2D eigenvalue weighted by atomic mass is 9.89. The van der Waals surface area contributed by atoms with Gasteiger partial charge in [0.25, 0.3) is 0 Å². The fourth-order valence-electron chi connectivity index (χ4n) is 2.60. The van der Waals surface area contributed by atoms with Gasteiger partial charge in [0.1, 0.15) is 11.5 Å². The van der Waals surface area contributed by atoms with Crippen LogP contribution >= 0.6 is 0 Å². The van der Waals surface area contributed by atoms with Gasteiger partial charge in [0.15, 0.2) is 5.60 Å². The number of rotatable bonds is 1. The van der Waals surface area contributed by atoms with Crippen molar-refractivity contribution >= 4 is 5.97 Å². The highest BCUT2D eigenvalue weighted by Gasteiger charge is 2.63. The second kappa shape index (κ2) is 8.36. The second-order valence-electron chi connectivity index (χ2n) is 5.72. The first-order valence-corrected chi connectivity index (χ1v) is 7.94. The molecule has 5 heteroatoms. The van der Waals surface area contributed by atoms with E-state index in [-0.39, 0.29) is 6.10 Å². The summed E-state index contributed by atoms with van der Waals surface area (Å²) in [6.07, 6.45) is 3.82. The van der Waals surface area contributed by atoms with E-state index < -0.39 is 11.6 Å². The maximum absolute atomic E-state index is 10.6. The molecule has 2 aromatic rings. The fourth-order valence-corrected chi connectivity index (χ4v) is 2.60. The van der Waals surface area contributed by atoms with Crippen molar-refractivity contribution < 1.29 is 24.9 Å². The van der Waals surface area contributed by atoms with Gasteiger partial charge in [-0.2, -0.15) is 0 Å². The topological polar surface area (TPSA) is 90.3 Å². The molecule has 2 unspecified atom stereocenters. The van der Waals surface area contributed by atoms with E-state index in [2.05, 4.69) is 0 Å². The SMILES string of the molecule is O=C(O)C12CCCCC1O2.Oc1ccccc1.Oc1ccccc1. The normalized spacial score (nSPS) is 23.4. The summed E-state index contributed by atoms with van der Waals surface area (Å²) < 4.78 is 5.13. The number of phenols is 2. The predicted octanol–water partition coefficient (Wildman–Crippen LogP) is 3.57. The predicted molar refractivity (Wildman–Crippen MR) is 89.9 cm³/mol. The highest BCUT2D eigenvalue weighted by molar-refractivity contribution is 5.81. The first-order valence-electron chi connectivity index (χ1n) is 7.94. The van der Waals surface area contributed by atoms with Gasteiger partial charge >= 0.3 is 5.97 Å². The Labute approximate surface area is 141 Å². The van der Waals surface area contributed by atoms with Crippen LogP contribution in [0.3, 0.4) is 0 Å². The average Bonchev–Trinajstić information content (AvgIpc) is 3.34. The molecule has 1 saturated carbocycles. The van der Waals surface area contributed by atoms with Crippen molar-refractivity contribution in [2.75, 3.05) is 0 Å². The molecule has 2 atom stereocenters. The van der Waals surface area contributed by atoms with Gasteiger partial charge in [-0.3, -0.25) is 0 Å². The number of para-hydroxylation sites is 2. The number of benzene rings is 2. The summed E-state index contributed by atoms with van der Waals surface area (Å²) in [7, 11) is 0. The van der Waals surface area contributed by atoms with E-state index in [0.29, 0.717) is 17.9 Å². The molecule has 24 heavy (non-hydrogen) atoms. The van der Waals surface area contributed by atoms with Gasteiger partial charge in [-0.15, -0.1) is 0 Å². The Balaban J connectivity index is 0.000000134. The minimum atomic E-state index is -0.766. The summed E-state index contributed by atoms with van der Waals surface area (Å²) in [4.78, 5) is 10.6.